The quantitative estimate of drug-likeness (QED) is 0.561. The van der Waals surface area contributed by atoms with E-state index in [-0.39, 0.29) is 42.3 Å². The van der Waals surface area contributed by atoms with E-state index in [0.717, 1.165) is 17.0 Å². The van der Waals surface area contributed by atoms with Crippen molar-refractivity contribution < 1.29 is 29.3 Å². The fourth-order valence-electron chi connectivity index (χ4n) is 6.10. The standard InChI is InChI=1S/C23H35N3O6S/c1-22-5-4-17(28)23(2,13-27)16(22)11-15-20(25-21(33-15)24-18(29)12-31-3)14(22)10-19(30)26-6-8-32-9-7-26/h14,16-17,27-28H,4-13H2,1-3H3,(H,24,25,29)/t14-,16+,17-,22+,23+/m1/s1. The summed E-state index contributed by atoms with van der Waals surface area (Å²) in [6.45, 7) is 6.21. The molecular formula is C23H35N3O6S. The van der Waals surface area contributed by atoms with E-state index in [2.05, 4.69) is 12.2 Å². The van der Waals surface area contributed by atoms with Crippen LogP contribution in [0.4, 0.5) is 5.13 Å². The molecule has 3 aliphatic rings. The molecule has 2 aliphatic carbocycles. The second-order valence-corrected chi connectivity index (χ2v) is 11.1. The van der Waals surface area contributed by atoms with Gasteiger partial charge in [0, 0.05) is 42.8 Å². The highest BCUT2D eigenvalue weighted by molar-refractivity contribution is 7.15. The molecule has 1 aliphatic heterocycles. The van der Waals surface area contributed by atoms with Gasteiger partial charge in [-0.3, -0.25) is 14.9 Å². The van der Waals surface area contributed by atoms with Gasteiger partial charge in [-0.1, -0.05) is 13.8 Å². The first kappa shape index (κ1) is 24.5. The fourth-order valence-corrected chi connectivity index (χ4v) is 7.19. The molecule has 1 aromatic rings. The second kappa shape index (κ2) is 9.58. The Balaban J connectivity index is 1.70. The zero-order valence-corrected chi connectivity index (χ0v) is 20.4. The summed E-state index contributed by atoms with van der Waals surface area (Å²) in [5, 5.41) is 24.5. The topological polar surface area (TPSA) is 121 Å². The maximum atomic E-state index is 13.3. The number of fused-ring (bicyclic) bond motifs is 2. The number of morpholine rings is 1. The highest BCUT2D eigenvalue weighted by Crippen LogP contribution is 2.62. The van der Waals surface area contributed by atoms with Crippen molar-refractivity contribution in [3.05, 3.63) is 10.6 Å². The SMILES string of the molecule is COCC(=O)Nc1nc2c(s1)C[C@@H]1[C@](C)(CO)[C@H](O)CC[C@@]1(C)[C@@H]2CC(=O)N1CCOCC1. The maximum absolute atomic E-state index is 13.3. The first-order valence-electron chi connectivity index (χ1n) is 11.7. The second-order valence-electron chi connectivity index (χ2n) is 10.0. The van der Waals surface area contributed by atoms with Gasteiger partial charge in [0.25, 0.3) is 5.91 Å². The lowest BCUT2D eigenvalue weighted by molar-refractivity contribution is -0.149. The molecule has 184 valence electrons. The van der Waals surface area contributed by atoms with E-state index in [1.165, 1.54) is 18.4 Å². The first-order valence-corrected chi connectivity index (χ1v) is 12.5. The zero-order valence-electron chi connectivity index (χ0n) is 19.6. The number of ether oxygens (including phenoxy) is 2. The minimum atomic E-state index is -0.672. The Morgan fingerprint density at radius 2 is 2.06 bits per heavy atom. The molecule has 0 bridgehead atoms. The van der Waals surface area contributed by atoms with E-state index >= 15 is 0 Å². The van der Waals surface area contributed by atoms with E-state index in [9.17, 15) is 19.8 Å². The van der Waals surface area contributed by atoms with Crippen LogP contribution < -0.4 is 5.32 Å². The summed E-state index contributed by atoms with van der Waals surface area (Å²) in [4.78, 5) is 33.1. The molecular weight excluding hydrogens is 446 g/mol. The molecule has 2 amide bonds. The third-order valence-electron chi connectivity index (χ3n) is 8.16. The molecule has 9 nitrogen and oxygen atoms in total. The van der Waals surface area contributed by atoms with Crippen molar-refractivity contribution in [2.75, 3.05) is 51.9 Å². The van der Waals surface area contributed by atoms with Crippen molar-refractivity contribution >= 4 is 28.3 Å². The number of nitrogens with one attached hydrogen (secondary N) is 1. The van der Waals surface area contributed by atoms with Crippen molar-refractivity contribution in [3.63, 3.8) is 0 Å². The summed E-state index contributed by atoms with van der Waals surface area (Å²) in [7, 11) is 1.46. The molecule has 5 atom stereocenters. The lowest BCUT2D eigenvalue weighted by Crippen LogP contribution is -2.58. The van der Waals surface area contributed by atoms with Crippen LogP contribution in [0.1, 0.15) is 49.6 Å². The predicted molar refractivity (Wildman–Crippen MR) is 123 cm³/mol. The number of amides is 2. The highest BCUT2D eigenvalue weighted by Gasteiger charge is 2.59. The van der Waals surface area contributed by atoms with Crippen LogP contribution in [-0.2, 0) is 25.5 Å². The van der Waals surface area contributed by atoms with Crippen LogP contribution in [0.2, 0.25) is 0 Å². The Kier molecular flexibility index (Phi) is 7.12. The number of nitrogens with zero attached hydrogens (tertiary/aromatic N) is 2. The summed E-state index contributed by atoms with van der Waals surface area (Å²) < 4.78 is 10.3. The summed E-state index contributed by atoms with van der Waals surface area (Å²) in [6.07, 6.45) is 1.68. The summed E-state index contributed by atoms with van der Waals surface area (Å²) in [5.41, 5.74) is -0.119. The minimum Gasteiger partial charge on any atom is -0.396 e. The number of aromatic nitrogens is 1. The zero-order chi connectivity index (χ0) is 23.8. The number of rotatable bonds is 6. The van der Waals surface area contributed by atoms with Crippen LogP contribution >= 0.6 is 11.3 Å². The van der Waals surface area contributed by atoms with Gasteiger partial charge in [0.05, 0.1) is 31.6 Å². The molecule has 0 spiro atoms. The van der Waals surface area contributed by atoms with Crippen LogP contribution in [0.15, 0.2) is 0 Å². The van der Waals surface area contributed by atoms with Crippen LogP contribution in [0, 0.1) is 16.7 Å². The number of hydrogen-bond acceptors (Lipinski definition) is 8. The van der Waals surface area contributed by atoms with Crippen LogP contribution in [-0.4, -0.2) is 84.6 Å². The lowest BCUT2D eigenvalue weighted by Gasteiger charge is -2.58. The smallest absolute Gasteiger partial charge is 0.252 e. The largest absolute Gasteiger partial charge is 0.396 e. The molecule has 0 radical (unpaired) electrons. The van der Waals surface area contributed by atoms with Gasteiger partial charge in [-0.2, -0.15) is 0 Å². The van der Waals surface area contributed by atoms with E-state index in [1.54, 1.807) is 0 Å². The number of aliphatic hydroxyl groups excluding tert-OH is 2. The number of anilines is 1. The van der Waals surface area contributed by atoms with E-state index in [0.29, 0.717) is 50.7 Å². The molecule has 33 heavy (non-hydrogen) atoms. The van der Waals surface area contributed by atoms with Gasteiger partial charge in [-0.05, 0) is 30.6 Å². The number of aliphatic hydroxyl groups is 2. The third-order valence-corrected chi connectivity index (χ3v) is 9.17. The van der Waals surface area contributed by atoms with Crippen molar-refractivity contribution in [1.29, 1.82) is 0 Å². The Morgan fingerprint density at radius 3 is 2.73 bits per heavy atom. The summed E-state index contributed by atoms with van der Waals surface area (Å²) >= 11 is 1.42. The van der Waals surface area contributed by atoms with Gasteiger partial charge < -0.3 is 24.6 Å². The lowest BCUT2D eigenvalue weighted by atomic mass is 9.47. The normalized spacial score (nSPS) is 33.8. The van der Waals surface area contributed by atoms with Crippen LogP contribution in [0.3, 0.4) is 0 Å². The number of thiazole rings is 1. The maximum Gasteiger partial charge on any atom is 0.252 e. The van der Waals surface area contributed by atoms with E-state index < -0.39 is 11.5 Å². The van der Waals surface area contributed by atoms with Gasteiger partial charge >= 0.3 is 0 Å². The van der Waals surface area contributed by atoms with E-state index in [1.807, 2.05) is 11.8 Å². The first-order chi connectivity index (χ1) is 15.7. The molecule has 2 fully saturated rings. The average molecular weight is 482 g/mol. The monoisotopic (exact) mass is 481 g/mol. The van der Waals surface area contributed by atoms with Gasteiger partial charge in [-0.25, -0.2) is 4.98 Å². The van der Waals surface area contributed by atoms with Crippen LogP contribution in [0.5, 0.6) is 0 Å². The molecule has 0 aromatic carbocycles. The number of methoxy groups -OCH3 is 1. The molecule has 1 aromatic heterocycles. The van der Waals surface area contributed by atoms with Crippen LogP contribution in [0.25, 0.3) is 0 Å². The number of hydrogen-bond donors (Lipinski definition) is 3. The average Bonchev–Trinajstić information content (AvgIpc) is 3.20. The molecule has 1 saturated carbocycles. The Bertz CT molecular complexity index is 888. The van der Waals surface area contributed by atoms with Crippen molar-refractivity contribution in [1.82, 2.24) is 9.88 Å². The van der Waals surface area contributed by atoms with Gasteiger partial charge in [0.2, 0.25) is 5.91 Å². The Hall–Kier alpha value is -1.59. The predicted octanol–water partition coefficient (Wildman–Crippen LogP) is 1.39. The molecule has 3 N–H and O–H groups in total. The van der Waals surface area contributed by atoms with Gasteiger partial charge in [0.1, 0.15) is 6.61 Å². The third kappa shape index (κ3) is 4.43. The van der Waals surface area contributed by atoms with Crippen molar-refractivity contribution in [2.45, 2.75) is 51.6 Å². The minimum absolute atomic E-state index is 0.0169. The molecule has 10 heteroatoms. The Labute approximate surface area is 198 Å². The van der Waals surface area contributed by atoms with Gasteiger partial charge in [0.15, 0.2) is 5.13 Å². The van der Waals surface area contributed by atoms with Crippen molar-refractivity contribution in [3.8, 4) is 0 Å². The fraction of sp³-hybridized carbons (Fsp3) is 0.783. The van der Waals surface area contributed by atoms with Gasteiger partial charge in [-0.15, -0.1) is 11.3 Å². The summed E-state index contributed by atoms with van der Waals surface area (Å²) in [6, 6.07) is 0. The van der Waals surface area contributed by atoms with Crippen molar-refractivity contribution in [2.24, 2.45) is 16.7 Å². The molecule has 0 unspecified atom stereocenters. The Morgan fingerprint density at radius 1 is 1.33 bits per heavy atom. The molecule has 2 heterocycles. The molecule has 4 rings (SSSR count). The number of carbonyl (C=O) groups is 2. The highest BCUT2D eigenvalue weighted by atomic mass is 32.1. The summed E-state index contributed by atoms with van der Waals surface area (Å²) in [5.74, 6) is -0.379. The number of carbonyl (C=O) groups excluding carboxylic acids is 2. The molecule has 1 saturated heterocycles. The van der Waals surface area contributed by atoms with E-state index in [4.69, 9.17) is 14.5 Å².